The third-order valence-electron chi connectivity index (χ3n) is 5.39. The maximum atomic E-state index is 12.1. The van der Waals surface area contributed by atoms with Crippen LogP contribution in [0.25, 0.3) is 10.9 Å². The molecule has 0 saturated carbocycles. The molecule has 0 amide bonds. The lowest BCUT2D eigenvalue weighted by Crippen LogP contribution is -2.49. The zero-order valence-electron chi connectivity index (χ0n) is 15.5. The molecule has 1 saturated heterocycles. The fourth-order valence-corrected chi connectivity index (χ4v) is 4.25. The molecule has 146 valence electrons. The van der Waals surface area contributed by atoms with Gasteiger partial charge in [0, 0.05) is 78.2 Å². The van der Waals surface area contributed by atoms with Crippen molar-refractivity contribution >= 4 is 32.8 Å². The summed E-state index contributed by atoms with van der Waals surface area (Å²) in [5.74, 6) is -0.803. The lowest BCUT2D eigenvalue weighted by molar-refractivity contribution is -0.144. The molecule has 2 N–H and O–H groups in total. The van der Waals surface area contributed by atoms with E-state index in [0.29, 0.717) is 0 Å². The van der Waals surface area contributed by atoms with Gasteiger partial charge in [0.15, 0.2) is 0 Å². The largest absolute Gasteiger partial charge is 0.480 e. The lowest BCUT2D eigenvalue weighted by Gasteiger charge is -2.37. The van der Waals surface area contributed by atoms with Gasteiger partial charge in [0.25, 0.3) is 0 Å². The minimum Gasteiger partial charge on any atom is -0.480 e. The van der Waals surface area contributed by atoms with Gasteiger partial charge in [-0.3, -0.25) is 14.7 Å². The Balaban J connectivity index is 1.44. The number of piperazine rings is 1. The van der Waals surface area contributed by atoms with Crippen LogP contribution in [0.4, 0.5) is 0 Å². The SMILES string of the molecule is O=C(O)C(c1c[nH]c2ccc(Br)cc12)N1CCN(CCc2ccccn2)CC1. The number of H-pyrrole nitrogens is 1. The van der Waals surface area contributed by atoms with Gasteiger partial charge < -0.3 is 15.0 Å². The average Bonchev–Trinajstić information content (AvgIpc) is 3.11. The summed E-state index contributed by atoms with van der Waals surface area (Å²) >= 11 is 3.49. The van der Waals surface area contributed by atoms with Crippen molar-refractivity contribution < 1.29 is 9.90 Å². The van der Waals surface area contributed by atoms with Crippen LogP contribution in [0.2, 0.25) is 0 Å². The number of aromatic amines is 1. The molecule has 1 aromatic carbocycles. The maximum absolute atomic E-state index is 12.1. The zero-order valence-corrected chi connectivity index (χ0v) is 17.1. The zero-order chi connectivity index (χ0) is 19.5. The van der Waals surface area contributed by atoms with Crippen molar-refractivity contribution in [1.29, 1.82) is 0 Å². The molecule has 3 aromatic rings. The number of aromatic nitrogens is 2. The predicted molar refractivity (Wildman–Crippen MR) is 112 cm³/mol. The molecular formula is C21H23BrN4O2. The van der Waals surface area contributed by atoms with E-state index in [0.717, 1.165) is 65.8 Å². The fourth-order valence-electron chi connectivity index (χ4n) is 3.89. The highest BCUT2D eigenvalue weighted by Crippen LogP contribution is 2.31. The van der Waals surface area contributed by atoms with Gasteiger partial charge >= 0.3 is 5.97 Å². The van der Waals surface area contributed by atoms with Crippen molar-refractivity contribution in [2.45, 2.75) is 12.5 Å². The molecule has 4 rings (SSSR count). The standard InChI is InChI=1S/C21H23BrN4O2/c22-15-4-5-19-17(13-15)18(14-24-19)20(21(27)28)26-11-9-25(10-12-26)8-6-16-3-1-2-7-23-16/h1-5,7,13-14,20,24H,6,8-12H2,(H,27,28). The molecule has 1 aliphatic heterocycles. The van der Waals surface area contributed by atoms with E-state index in [1.54, 1.807) is 0 Å². The smallest absolute Gasteiger partial charge is 0.325 e. The van der Waals surface area contributed by atoms with Gasteiger partial charge in [-0.1, -0.05) is 22.0 Å². The average molecular weight is 443 g/mol. The molecule has 7 heteroatoms. The number of fused-ring (bicyclic) bond motifs is 1. The summed E-state index contributed by atoms with van der Waals surface area (Å²) in [7, 11) is 0. The Bertz CT molecular complexity index is 951. The van der Waals surface area contributed by atoms with Crippen LogP contribution in [0.15, 0.2) is 53.3 Å². The number of pyridine rings is 1. The van der Waals surface area contributed by atoms with Crippen LogP contribution < -0.4 is 0 Å². The minimum absolute atomic E-state index is 0.638. The molecule has 1 aliphatic rings. The van der Waals surface area contributed by atoms with Crippen LogP contribution in [0, 0.1) is 0 Å². The van der Waals surface area contributed by atoms with E-state index in [-0.39, 0.29) is 0 Å². The highest BCUT2D eigenvalue weighted by molar-refractivity contribution is 9.10. The molecule has 0 spiro atoms. The van der Waals surface area contributed by atoms with Gasteiger partial charge in [-0.2, -0.15) is 0 Å². The maximum Gasteiger partial charge on any atom is 0.325 e. The Morgan fingerprint density at radius 3 is 2.75 bits per heavy atom. The normalized spacial score (nSPS) is 17.0. The molecule has 2 aromatic heterocycles. The van der Waals surface area contributed by atoms with Gasteiger partial charge in [-0.25, -0.2) is 0 Å². The fraction of sp³-hybridized carbons (Fsp3) is 0.333. The number of carboxylic acids is 1. The molecule has 0 aliphatic carbocycles. The van der Waals surface area contributed by atoms with Gasteiger partial charge in [0.2, 0.25) is 0 Å². The van der Waals surface area contributed by atoms with Crippen molar-refractivity contribution in [2.75, 3.05) is 32.7 Å². The molecule has 0 bridgehead atoms. The van der Waals surface area contributed by atoms with E-state index in [2.05, 4.69) is 35.7 Å². The van der Waals surface area contributed by atoms with Crippen molar-refractivity contribution in [1.82, 2.24) is 19.8 Å². The molecule has 1 fully saturated rings. The Morgan fingerprint density at radius 2 is 2.04 bits per heavy atom. The first-order chi connectivity index (χ1) is 13.6. The van der Waals surface area contributed by atoms with E-state index >= 15 is 0 Å². The van der Waals surface area contributed by atoms with Crippen LogP contribution in [0.5, 0.6) is 0 Å². The van der Waals surface area contributed by atoms with Gasteiger partial charge in [-0.15, -0.1) is 0 Å². The molecule has 6 nitrogen and oxygen atoms in total. The highest BCUT2D eigenvalue weighted by atomic mass is 79.9. The van der Waals surface area contributed by atoms with E-state index in [1.807, 2.05) is 48.8 Å². The summed E-state index contributed by atoms with van der Waals surface area (Å²) in [5, 5.41) is 10.9. The molecule has 1 atom stereocenters. The number of carbonyl (C=O) groups is 1. The lowest BCUT2D eigenvalue weighted by atomic mass is 10.0. The Morgan fingerprint density at radius 1 is 1.21 bits per heavy atom. The first-order valence-electron chi connectivity index (χ1n) is 9.47. The number of hydrogen-bond acceptors (Lipinski definition) is 4. The van der Waals surface area contributed by atoms with Gasteiger partial charge in [-0.05, 0) is 30.3 Å². The van der Waals surface area contributed by atoms with Crippen LogP contribution in [0.1, 0.15) is 17.3 Å². The van der Waals surface area contributed by atoms with E-state index in [9.17, 15) is 9.90 Å². The van der Waals surface area contributed by atoms with Crippen molar-refractivity contribution in [3.05, 3.63) is 64.5 Å². The highest BCUT2D eigenvalue weighted by Gasteiger charge is 2.32. The third kappa shape index (κ3) is 4.11. The summed E-state index contributed by atoms with van der Waals surface area (Å²) in [5.41, 5.74) is 2.88. The summed E-state index contributed by atoms with van der Waals surface area (Å²) in [6, 6.07) is 11.3. The molecule has 0 radical (unpaired) electrons. The number of halogens is 1. The first-order valence-corrected chi connectivity index (χ1v) is 10.3. The second kappa shape index (κ2) is 8.43. The Hall–Kier alpha value is -2.22. The second-order valence-electron chi connectivity index (χ2n) is 7.12. The minimum atomic E-state index is -0.803. The summed E-state index contributed by atoms with van der Waals surface area (Å²) in [6.07, 6.45) is 4.58. The molecule has 28 heavy (non-hydrogen) atoms. The number of aliphatic carboxylic acids is 1. The number of carboxylic acid groups (broad SMARTS) is 1. The number of benzene rings is 1. The van der Waals surface area contributed by atoms with E-state index in [4.69, 9.17) is 0 Å². The van der Waals surface area contributed by atoms with Crippen molar-refractivity contribution in [2.24, 2.45) is 0 Å². The van der Waals surface area contributed by atoms with E-state index in [1.165, 1.54) is 0 Å². The van der Waals surface area contributed by atoms with Crippen LogP contribution >= 0.6 is 15.9 Å². The number of nitrogens with zero attached hydrogens (tertiary/aromatic N) is 3. The van der Waals surface area contributed by atoms with Crippen molar-refractivity contribution in [3.8, 4) is 0 Å². The topological polar surface area (TPSA) is 72.5 Å². The first kappa shape index (κ1) is 19.1. The molecule has 3 heterocycles. The van der Waals surface area contributed by atoms with E-state index < -0.39 is 12.0 Å². The van der Waals surface area contributed by atoms with Gasteiger partial charge in [0.05, 0.1) is 0 Å². The van der Waals surface area contributed by atoms with Gasteiger partial charge in [0.1, 0.15) is 6.04 Å². The number of nitrogens with one attached hydrogen (secondary N) is 1. The second-order valence-corrected chi connectivity index (χ2v) is 8.04. The van der Waals surface area contributed by atoms with Crippen molar-refractivity contribution in [3.63, 3.8) is 0 Å². The quantitative estimate of drug-likeness (QED) is 0.612. The third-order valence-corrected chi connectivity index (χ3v) is 5.88. The van der Waals surface area contributed by atoms with Crippen LogP contribution in [-0.2, 0) is 11.2 Å². The summed E-state index contributed by atoms with van der Waals surface area (Å²) in [4.78, 5) is 24.2. The molecular weight excluding hydrogens is 420 g/mol. The number of hydrogen-bond donors (Lipinski definition) is 2. The Kier molecular flexibility index (Phi) is 5.75. The summed E-state index contributed by atoms with van der Waals surface area (Å²) < 4.78 is 0.948. The Labute approximate surface area is 172 Å². The molecule has 1 unspecified atom stereocenters. The van der Waals surface area contributed by atoms with Crippen LogP contribution in [-0.4, -0.2) is 63.6 Å². The summed E-state index contributed by atoms with van der Waals surface area (Å²) in [6.45, 7) is 4.15. The van der Waals surface area contributed by atoms with Crippen LogP contribution in [0.3, 0.4) is 0 Å². The number of rotatable bonds is 6. The predicted octanol–water partition coefficient (Wildman–Crippen LogP) is 3.31. The monoisotopic (exact) mass is 442 g/mol.